The summed E-state index contributed by atoms with van der Waals surface area (Å²) < 4.78 is 2.64. The van der Waals surface area contributed by atoms with E-state index in [1.54, 1.807) is 4.68 Å². The fourth-order valence-electron chi connectivity index (χ4n) is 4.30. The third kappa shape index (κ3) is 12.7. The molecular formula is C27H45N5OSe. The van der Waals surface area contributed by atoms with Crippen molar-refractivity contribution in [2.75, 3.05) is 0 Å². The van der Waals surface area contributed by atoms with Crippen molar-refractivity contribution < 1.29 is 4.79 Å². The number of carbonyl (C=O) groups excluding carboxylic acids is 1. The molecule has 0 spiro atoms. The summed E-state index contributed by atoms with van der Waals surface area (Å²) in [5.74, 6) is -0.230. The molecule has 0 saturated heterocycles. The summed E-state index contributed by atoms with van der Waals surface area (Å²) in [6, 6.07) is 9.92. The molecule has 2 N–H and O–H groups in total. The van der Waals surface area contributed by atoms with Crippen molar-refractivity contribution >= 4 is 25.6 Å². The first-order valence-electron chi connectivity index (χ1n) is 13.5. The molecule has 1 aromatic carbocycles. The van der Waals surface area contributed by atoms with Crippen LogP contribution in [-0.2, 0) is 4.79 Å². The first-order valence-corrected chi connectivity index (χ1v) is 15.3. The van der Waals surface area contributed by atoms with Crippen molar-refractivity contribution in [2.24, 2.45) is 5.73 Å². The topological polar surface area (TPSA) is 86.7 Å². The number of aromatic nitrogens is 4. The van der Waals surface area contributed by atoms with E-state index in [-0.39, 0.29) is 25.7 Å². The maximum atomic E-state index is 11.6. The number of tetrazole rings is 1. The average molecular weight is 535 g/mol. The Bertz CT molecular complexity index is 767. The van der Waals surface area contributed by atoms with Gasteiger partial charge in [-0.3, -0.25) is 0 Å². The molecule has 0 aliphatic heterocycles. The van der Waals surface area contributed by atoms with Gasteiger partial charge in [0.2, 0.25) is 0 Å². The van der Waals surface area contributed by atoms with E-state index in [2.05, 4.69) is 22.4 Å². The predicted molar refractivity (Wildman–Crippen MR) is 142 cm³/mol. The molecule has 1 atom stereocenters. The van der Waals surface area contributed by atoms with Crippen LogP contribution in [0.15, 0.2) is 30.3 Å². The van der Waals surface area contributed by atoms with Crippen molar-refractivity contribution in [1.29, 1.82) is 0 Å². The molecule has 0 aliphatic rings. The van der Waals surface area contributed by atoms with Gasteiger partial charge in [-0.25, -0.2) is 0 Å². The van der Waals surface area contributed by atoms with Crippen molar-refractivity contribution in [3.8, 4) is 5.69 Å². The minimum atomic E-state index is -0.230. The number of carbonyl (C=O) groups is 1. The molecule has 34 heavy (non-hydrogen) atoms. The van der Waals surface area contributed by atoms with E-state index in [1.165, 1.54) is 89.9 Å². The summed E-state index contributed by atoms with van der Waals surface area (Å²) in [4.78, 5) is 11.9. The summed E-state index contributed by atoms with van der Waals surface area (Å²) in [6.45, 7) is 2.28. The van der Waals surface area contributed by atoms with E-state index < -0.39 is 0 Å². The monoisotopic (exact) mass is 535 g/mol. The van der Waals surface area contributed by atoms with E-state index in [1.807, 2.05) is 30.3 Å². The quantitative estimate of drug-likeness (QED) is 0.159. The molecule has 0 saturated carbocycles. The Hall–Kier alpha value is -1.72. The van der Waals surface area contributed by atoms with Crippen LogP contribution in [0.2, 0.25) is 4.82 Å². The molecule has 0 fully saturated rings. The van der Waals surface area contributed by atoms with Gasteiger partial charge in [0.25, 0.3) is 0 Å². The summed E-state index contributed by atoms with van der Waals surface area (Å²) >= 11 is 0.00434. The molecular weight excluding hydrogens is 489 g/mol. The predicted octanol–water partition coefficient (Wildman–Crippen LogP) is 5.92. The third-order valence-electron chi connectivity index (χ3n) is 6.27. The molecule has 1 heterocycles. The van der Waals surface area contributed by atoms with Crippen LogP contribution in [0.25, 0.3) is 5.69 Å². The second-order valence-electron chi connectivity index (χ2n) is 9.36. The SMILES string of the molecule is CCCCCCCCCCCCCCCCCC(CC(N)=O)[Se]c1nnnn1-c1ccccc1. The normalized spacial score (nSPS) is 12.1. The number of hydrogen-bond acceptors (Lipinski definition) is 4. The molecule has 0 bridgehead atoms. The Kier molecular flexibility index (Phi) is 15.6. The van der Waals surface area contributed by atoms with Gasteiger partial charge in [-0.1, -0.05) is 39.0 Å². The van der Waals surface area contributed by atoms with E-state index in [0.717, 1.165) is 23.3 Å². The second-order valence-corrected chi connectivity index (χ2v) is 12.0. The minimum absolute atomic E-state index is 0.00434. The van der Waals surface area contributed by atoms with Gasteiger partial charge in [-0.05, 0) is 0 Å². The Morgan fingerprint density at radius 3 is 1.91 bits per heavy atom. The number of amides is 1. The summed E-state index contributed by atoms with van der Waals surface area (Å²) in [7, 11) is 0. The van der Waals surface area contributed by atoms with Gasteiger partial charge in [-0.2, -0.15) is 0 Å². The molecule has 2 rings (SSSR count). The molecule has 190 valence electrons. The first-order chi connectivity index (χ1) is 16.7. The van der Waals surface area contributed by atoms with E-state index in [9.17, 15) is 4.79 Å². The molecule has 6 nitrogen and oxygen atoms in total. The Labute approximate surface area is 213 Å². The molecule has 0 aliphatic carbocycles. The fraction of sp³-hybridized carbons (Fsp3) is 0.704. The molecule has 2 aromatic rings. The zero-order valence-electron chi connectivity index (χ0n) is 21.2. The van der Waals surface area contributed by atoms with Crippen LogP contribution in [-0.4, -0.2) is 41.1 Å². The average Bonchev–Trinajstić information content (AvgIpc) is 3.29. The zero-order valence-corrected chi connectivity index (χ0v) is 22.9. The number of nitrogens with zero attached hydrogens (tertiary/aromatic N) is 4. The standard InChI is InChI=1S/C27H45N5OSe/c1-2-3-4-5-6-7-8-9-10-11-12-13-14-15-19-22-25(23-26(28)33)34-27-29-30-31-32(27)24-20-17-16-18-21-24/h16-18,20-21,25H,2-15,19,22-23H2,1H3,(H2,28,33). The third-order valence-corrected chi connectivity index (χ3v) is 8.79. The summed E-state index contributed by atoms with van der Waals surface area (Å²) in [6.07, 6.45) is 21.8. The number of nitrogens with two attached hydrogens (primary N) is 1. The maximum absolute atomic E-state index is 11.6. The number of para-hydroxylation sites is 1. The van der Waals surface area contributed by atoms with Gasteiger partial charge in [0.1, 0.15) is 0 Å². The number of unbranched alkanes of at least 4 members (excludes halogenated alkanes) is 14. The molecule has 1 unspecified atom stereocenters. The molecule has 1 amide bonds. The Morgan fingerprint density at radius 1 is 0.853 bits per heavy atom. The van der Waals surface area contributed by atoms with Gasteiger partial charge < -0.3 is 0 Å². The molecule has 7 heteroatoms. The van der Waals surface area contributed by atoms with Crippen molar-refractivity contribution in [3.05, 3.63) is 30.3 Å². The molecule has 0 radical (unpaired) electrons. The molecule has 1 aromatic heterocycles. The van der Waals surface area contributed by atoms with Crippen LogP contribution in [0.5, 0.6) is 0 Å². The van der Waals surface area contributed by atoms with Gasteiger partial charge in [0.05, 0.1) is 0 Å². The van der Waals surface area contributed by atoms with Crippen molar-refractivity contribution in [3.63, 3.8) is 0 Å². The van der Waals surface area contributed by atoms with Crippen LogP contribution in [0.3, 0.4) is 0 Å². The summed E-state index contributed by atoms with van der Waals surface area (Å²) in [5.41, 5.74) is 6.49. The first kappa shape index (κ1) is 28.5. The van der Waals surface area contributed by atoms with Gasteiger partial charge in [0, 0.05) is 0 Å². The Morgan fingerprint density at radius 2 is 1.38 bits per heavy atom. The zero-order chi connectivity index (χ0) is 24.3. The van der Waals surface area contributed by atoms with Crippen LogP contribution in [0.4, 0.5) is 0 Å². The van der Waals surface area contributed by atoms with Crippen molar-refractivity contribution in [2.45, 2.75) is 121 Å². The van der Waals surface area contributed by atoms with E-state index in [0.29, 0.717) is 6.42 Å². The Balaban J connectivity index is 1.55. The van der Waals surface area contributed by atoms with Gasteiger partial charge in [0.15, 0.2) is 0 Å². The van der Waals surface area contributed by atoms with Gasteiger partial charge in [-0.15, -0.1) is 0 Å². The van der Waals surface area contributed by atoms with E-state index in [4.69, 9.17) is 5.73 Å². The van der Waals surface area contributed by atoms with Crippen LogP contribution in [0, 0.1) is 0 Å². The number of benzene rings is 1. The fourth-order valence-corrected chi connectivity index (χ4v) is 6.73. The van der Waals surface area contributed by atoms with Crippen LogP contribution >= 0.6 is 0 Å². The summed E-state index contributed by atoms with van der Waals surface area (Å²) in [5, 5.41) is 12.3. The second kappa shape index (κ2) is 18.6. The van der Waals surface area contributed by atoms with Gasteiger partial charge >= 0.3 is 174 Å². The van der Waals surface area contributed by atoms with Crippen LogP contribution in [0.1, 0.15) is 116 Å². The van der Waals surface area contributed by atoms with Crippen molar-refractivity contribution in [1.82, 2.24) is 20.2 Å². The number of hydrogen-bond donors (Lipinski definition) is 1. The van der Waals surface area contributed by atoms with E-state index >= 15 is 0 Å². The number of primary amides is 1. The van der Waals surface area contributed by atoms with Crippen LogP contribution < -0.4 is 10.5 Å². The number of rotatable bonds is 21.